The van der Waals surface area contributed by atoms with Gasteiger partial charge in [0.2, 0.25) is 0 Å². The Morgan fingerprint density at radius 1 is 1.41 bits per heavy atom. The van der Waals surface area contributed by atoms with E-state index in [1.165, 1.54) is 0 Å². The van der Waals surface area contributed by atoms with Gasteiger partial charge in [0.1, 0.15) is 15.9 Å². The number of hydrogen-bond donors (Lipinski definition) is 1. The summed E-state index contributed by atoms with van der Waals surface area (Å²) in [6, 6.07) is -0.254. The molecule has 2 aliphatic heterocycles. The zero-order chi connectivity index (χ0) is 12.5. The number of carbonyl (C=O) groups is 1. The predicted molar refractivity (Wildman–Crippen MR) is 63.4 cm³/mol. The highest BCUT2D eigenvalue weighted by Crippen LogP contribution is 2.40. The number of rotatable bonds is 2. The van der Waals surface area contributed by atoms with Crippen LogP contribution in [0, 0.1) is 5.41 Å². The molecule has 17 heavy (non-hydrogen) atoms. The molecule has 0 aromatic rings. The summed E-state index contributed by atoms with van der Waals surface area (Å²) in [7, 11) is -2.84. The summed E-state index contributed by atoms with van der Waals surface area (Å²) >= 11 is 0. The lowest BCUT2D eigenvalue weighted by atomic mass is 9.80. The molecule has 0 radical (unpaired) electrons. The maximum Gasteiger partial charge on any atom is 0.323 e. The number of carbonyl (C=O) groups excluding carboxylic acids is 1. The summed E-state index contributed by atoms with van der Waals surface area (Å²) in [6.07, 6.45) is 2.04. The van der Waals surface area contributed by atoms with Crippen molar-refractivity contribution in [2.45, 2.75) is 32.2 Å². The Balaban J connectivity index is 1.96. The molecule has 0 amide bonds. The Kier molecular flexibility index (Phi) is 3.45. The molecule has 1 N–H and O–H groups in total. The van der Waals surface area contributed by atoms with Crippen LogP contribution >= 0.6 is 0 Å². The molecule has 0 bridgehead atoms. The summed E-state index contributed by atoms with van der Waals surface area (Å²) < 4.78 is 27.8. The lowest BCUT2D eigenvalue weighted by Crippen LogP contribution is -2.35. The van der Waals surface area contributed by atoms with E-state index in [2.05, 4.69) is 5.32 Å². The SMILES string of the molecule is CCOC(=O)[C@@H]1CC2(CCS(=O)(=O)CC2)CN1. The molecule has 2 rings (SSSR count). The topological polar surface area (TPSA) is 72.5 Å². The lowest BCUT2D eigenvalue weighted by Gasteiger charge is -2.32. The van der Waals surface area contributed by atoms with E-state index < -0.39 is 9.84 Å². The van der Waals surface area contributed by atoms with Gasteiger partial charge in [0, 0.05) is 6.54 Å². The molecule has 0 aliphatic carbocycles. The first kappa shape index (κ1) is 12.8. The van der Waals surface area contributed by atoms with Crippen molar-refractivity contribution in [2.75, 3.05) is 24.7 Å². The van der Waals surface area contributed by atoms with E-state index in [0.29, 0.717) is 25.9 Å². The fourth-order valence-corrected chi connectivity index (χ4v) is 4.37. The highest BCUT2D eigenvalue weighted by atomic mass is 32.2. The van der Waals surface area contributed by atoms with Crippen molar-refractivity contribution in [3.8, 4) is 0 Å². The first-order valence-corrected chi connectivity index (χ1v) is 7.89. The molecule has 2 saturated heterocycles. The Morgan fingerprint density at radius 2 is 2.06 bits per heavy atom. The van der Waals surface area contributed by atoms with Gasteiger partial charge in [-0.05, 0) is 31.6 Å². The molecule has 0 aromatic heterocycles. The van der Waals surface area contributed by atoms with Crippen molar-refractivity contribution in [1.29, 1.82) is 0 Å². The fraction of sp³-hybridized carbons (Fsp3) is 0.909. The molecule has 2 aliphatic rings. The summed E-state index contributed by atoms with van der Waals surface area (Å²) in [5.74, 6) is 0.298. The minimum Gasteiger partial charge on any atom is -0.465 e. The van der Waals surface area contributed by atoms with E-state index in [0.717, 1.165) is 6.54 Å². The van der Waals surface area contributed by atoms with Gasteiger partial charge in [-0.2, -0.15) is 0 Å². The van der Waals surface area contributed by atoms with Crippen LogP contribution in [-0.2, 0) is 19.4 Å². The van der Waals surface area contributed by atoms with Crippen LogP contribution in [0.4, 0.5) is 0 Å². The van der Waals surface area contributed by atoms with Gasteiger partial charge in [-0.3, -0.25) is 4.79 Å². The van der Waals surface area contributed by atoms with Crippen LogP contribution in [0.5, 0.6) is 0 Å². The van der Waals surface area contributed by atoms with Crippen molar-refractivity contribution < 1.29 is 17.9 Å². The monoisotopic (exact) mass is 261 g/mol. The zero-order valence-electron chi connectivity index (χ0n) is 10.1. The third kappa shape index (κ3) is 2.80. The van der Waals surface area contributed by atoms with Crippen molar-refractivity contribution >= 4 is 15.8 Å². The standard InChI is InChI=1S/C11H19NO4S/c1-2-16-10(13)9-7-11(8-12-9)3-5-17(14,15)6-4-11/h9,12H,2-8H2,1H3/t9-/m0/s1. The van der Waals surface area contributed by atoms with E-state index >= 15 is 0 Å². The molecule has 0 aromatic carbocycles. The fourth-order valence-electron chi connectivity index (χ4n) is 2.68. The second kappa shape index (κ2) is 4.57. The highest BCUT2D eigenvalue weighted by molar-refractivity contribution is 7.91. The van der Waals surface area contributed by atoms with E-state index in [1.807, 2.05) is 0 Å². The molecule has 2 fully saturated rings. The van der Waals surface area contributed by atoms with Gasteiger partial charge in [-0.25, -0.2) is 8.42 Å². The van der Waals surface area contributed by atoms with Crippen molar-refractivity contribution in [3.63, 3.8) is 0 Å². The van der Waals surface area contributed by atoms with E-state index in [9.17, 15) is 13.2 Å². The summed E-state index contributed by atoms with van der Waals surface area (Å²) in [5, 5.41) is 3.16. The summed E-state index contributed by atoms with van der Waals surface area (Å²) in [4.78, 5) is 11.6. The van der Waals surface area contributed by atoms with E-state index in [-0.39, 0.29) is 28.9 Å². The van der Waals surface area contributed by atoms with Crippen LogP contribution in [0.15, 0.2) is 0 Å². The predicted octanol–water partition coefficient (Wildman–Crippen LogP) is 0.106. The third-order valence-corrected chi connectivity index (χ3v) is 5.47. The van der Waals surface area contributed by atoms with Gasteiger partial charge in [-0.1, -0.05) is 0 Å². The number of nitrogens with one attached hydrogen (secondary N) is 1. The Labute approximate surface area is 102 Å². The van der Waals surface area contributed by atoms with Crippen LogP contribution in [0.25, 0.3) is 0 Å². The molecular formula is C11H19NO4S. The third-order valence-electron chi connectivity index (χ3n) is 3.82. The van der Waals surface area contributed by atoms with Crippen molar-refractivity contribution in [1.82, 2.24) is 5.32 Å². The largest absolute Gasteiger partial charge is 0.465 e. The van der Waals surface area contributed by atoms with Gasteiger partial charge in [-0.15, -0.1) is 0 Å². The van der Waals surface area contributed by atoms with Crippen molar-refractivity contribution in [2.24, 2.45) is 5.41 Å². The molecule has 1 atom stereocenters. The Morgan fingerprint density at radius 3 is 2.65 bits per heavy atom. The number of hydrogen-bond acceptors (Lipinski definition) is 5. The van der Waals surface area contributed by atoms with Gasteiger partial charge in [0.05, 0.1) is 18.1 Å². The lowest BCUT2D eigenvalue weighted by molar-refractivity contribution is -0.145. The van der Waals surface area contributed by atoms with Crippen LogP contribution in [0.2, 0.25) is 0 Å². The minimum absolute atomic E-state index is 0.0112. The minimum atomic E-state index is -2.84. The Bertz CT molecular complexity index is 390. The van der Waals surface area contributed by atoms with Gasteiger partial charge >= 0.3 is 5.97 Å². The molecule has 0 saturated carbocycles. The number of sulfone groups is 1. The average molecular weight is 261 g/mol. The maximum atomic E-state index is 11.6. The van der Waals surface area contributed by atoms with Gasteiger partial charge < -0.3 is 10.1 Å². The second-order valence-corrected chi connectivity index (χ2v) is 7.35. The van der Waals surface area contributed by atoms with Crippen LogP contribution in [-0.4, -0.2) is 45.1 Å². The molecule has 98 valence electrons. The summed E-state index contributed by atoms with van der Waals surface area (Å²) in [6.45, 7) is 2.90. The maximum absolute atomic E-state index is 11.6. The van der Waals surface area contributed by atoms with E-state index in [4.69, 9.17) is 4.74 Å². The zero-order valence-corrected chi connectivity index (χ0v) is 10.9. The van der Waals surface area contributed by atoms with Crippen LogP contribution in [0.3, 0.4) is 0 Å². The number of esters is 1. The molecule has 6 heteroatoms. The van der Waals surface area contributed by atoms with Crippen LogP contribution < -0.4 is 5.32 Å². The quantitative estimate of drug-likeness (QED) is 0.714. The Hall–Kier alpha value is -0.620. The first-order chi connectivity index (χ1) is 7.96. The van der Waals surface area contributed by atoms with Crippen LogP contribution in [0.1, 0.15) is 26.2 Å². The van der Waals surface area contributed by atoms with Gasteiger partial charge in [0.25, 0.3) is 0 Å². The normalized spacial score (nSPS) is 30.3. The average Bonchev–Trinajstić information content (AvgIpc) is 2.69. The smallest absolute Gasteiger partial charge is 0.323 e. The first-order valence-electron chi connectivity index (χ1n) is 6.07. The highest BCUT2D eigenvalue weighted by Gasteiger charge is 2.45. The molecule has 2 heterocycles. The molecule has 1 spiro atoms. The second-order valence-electron chi connectivity index (χ2n) is 5.04. The van der Waals surface area contributed by atoms with Gasteiger partial charge in [0.15, 0.2) is 0 Å². The summed E-state index contributed by atoms with van der Waals surface area (Å²) in [5.41, 5.74) is -0.0112. The molecule has 0 unspecified atom stereocenters. The van der Waals surface area contributed by atoms with Crippen molar-refractivity contribution in [3.05, 3.63) is 0 Å². The molecule has 5 nitrogen and oxygen atoms in total. The molecular weight excluding hydrogens is 242 g/mol. The van der Waals surface area contributed by atoms with E-state index in [1.54, 1.807) is 6.92 Å². The number of ether oxygens (including phenoxy) is 1.